The summed E-state index contributed by atoms with van der Waals surface area (Å²) in [6.45, 7) is 7.30. The highest BCUT2D eigenvalue weighted by molar-refractivity contribution is 5.89. The van der Waals surface area contributed by atoms with Crippen molar-refractivity contribution in [1.29, 1.82) is 0 Å². The van der Waals surface area contributed by atoms with Gasteiger partial charge in [0.1, 0.15) is 0 Å². The van der Waals surface area contributed by atoms with E-state index in [0.29, 0.717) is 18.4 Å². The van der Waals surface area contributed by atoms with E-state index in [9.17, 15) is 4.79 Å². The first-order valence-corrected chi connectivity index (χ1v) is 4.76. The minimum atomic E-state index is -0.891. The Kier molecular flexibility index (Phi) is 3.86. The molecule has 2 nitrogen and oxygen atoms in total. The Labute approximate surface area is 89.6 Å². The maximum atomic E-state index is 11.0. The molecule has 1 rings (SSSR count). The molecule has 0 bridgehead atoms. The zero-order chi connectivity index (χ0) is 11.3. The Balaban J connectivity index is 3.26. The van der Waals surface area contributed by atoms with Gasteiger partial charge in [-0.1, -0.05) is 24.3 Å². The SMILES string of the molecule is C=CCc1cccc(C(=O)O)c1CC=C. The van der Waals surface area contributed by atoms with E-state index < -0.39 is 5.97 Å². The minimum Gasteiger partial charge on any atom is -0.478 e. The van der Waals surface area contributed by atoms with Crippen LogP contribution in [0.3, 0.4) is 0 Å². The van der Waals surface area contributed by atoms with Crippen molar-refractivity contribution in [2.45, 2.75) is 12.8 Å². The van der Waals surface area contributed by atoms with Crippen LogP contribution in [0.4, 0.5) is 0 Å². The molecule has 0 spiro atoms. The fourth-order valence-electron chi connectivity index (χ4n) is 1.57. The number of aromatic carboxylic acids is 1. The van der Waals surface area contributed by atoms with Crippen molar-refractivity contribution >= 4 is 5.97 Å². The molecule has 0 unspecified atom stereocenters. The molecule has 0 atom stereocenters. The van der Waals surface area contributed by atoms with E-state index in [1.807, 2.05) is 6.07 Å². The molecule has 1 aromatic rings. The van der Waals surface area contributed by atoms with Crippen molar-refractivity contribution in [1.82, 2.24) is 0 Å². The highest BCUT2D eigenvalue weighted by Gasteiger charge is 2.11. The van der Waals surface area contributed by atoms with E-state index in [1.54, 1.807) is 24.3 Å². The Bertz CT molecular complexity index is 392. The van der Waals surface area contributed by atoms with E-state index in [-0.39, 0.29) is 0 Å². The number of rotatable bonds is 5. The number of hydrogen-bond acceptors (Lipinski definition) is 1. The van der Waals surface area contributed by atoms with Crippen LogP contribution in [0, 0.1) is 0 Å². The van der Waals surface area contributed by atoms with Gasteiger partial charge >= 0.3 is 5.97 Å². The van der Waals surface area contributed by atoms with Crippen LogP contribution in [0.1, 0.15) is 21.5 Å². The van der Waals surface area contributed by atoms with Gasteiger partial charge in [-0.15, -0.1) is 13.2 Å². The maximum absolute atomic E-state index is 11.0. The lowest BCUT2D eigenvalue weighted by atomic mass is 9.96. The van der Waals surface area contributed by atoms with Crippen LogP contribution in [0.2, 0.25) is 0 Å². The molecule has 2 heteroatoms. The number of benzene rings is 1. The maximum Gasteiger partial charge on any atom is 0.335 e. The molecule has 15 heavy (non-hydrogen) atoms. The summed E-state index contributed by atoms with van der Waals surface area (Å²) in [5.41, 5.74) is 2.19. The molecular weight excluding hydrogens is 188 g/mol. The summed E-state index contributed by atoms with van der Waals surface area (Å²) in [5.74, 6) is -0.891. The van der Waals surface area contributed by atoms with Crippen LogP contribution >= 0.6 is 0 Å². The summed E-state index contributed by atoms with van der Waals surface area (Å²) in [4.78, 5) is 11.0. The van der Waals surface area contributed by atoms with Crippen LogP contribution in [0.25, 0.3) is 0 Å². The van der Waals surface area contributed by atoms with Crippen LogP contribution in [0.5, 0.6) is 0 Å². The van der Waals surface area contributed by atoms with E-state index in [0.717, 1.165) is 11.1 Å². The summed E-state index contributed by atoms with van der Waals surface area (Å²) < 4.78 is 0. The van der Waals surface area contributed by atoms with Crippen LogP contribution in [-0.4, -0.2) is 11.1 Å². The predicted octanol–water partition coefficient (Wildman–Crippen LogP) is 2.84. The second-order valence-corrected chi connectivity index (χ2v) is 3.23. The summed E-state index contributed by atoms with van der Waals surface area (Å²) in [6.07, 6.45) is 4.75. The Morgan fingerprint density at radius 3 is 2.47 bits per heavy atom. The molecule has 0 fully saturated rings. The highest BCUT2D eigenvalue weighted by Crippen LogP contribution is 2.17. The third-order valence-electron chi connectivity index (χ3n) is 2.22. The lowest BCUT2D eigenvalue weighted by Gasteiger charge is -2.09. The van der Waals surface area contributed by atoms with Gasteiger partial charge in [-0.05, 0) is 30.0 Å². The van der Waals surface area contributed by atoms with Crippen molar-refractivity contribution in [3.05, 3.63) is 60.2 Å². The van der Waals surface area contributed by atoms with E-state index in [2.05, 4.69) is 13.2 Å². The first-order valence-electron chi connectivity index (χ1n) is 4.76. The van der Waals surface area contributed by atoms with Gasteiger partial charge in [0.25, 0.3) is 0 Å². The van der Waals surface area contributed by atoms with Gasteiger partial charge in [-0.25, -0.2) is 4.79 Å². The van der Waals surface area contributed by atoms with Gasteiger partial charge < -0.3 is 5.11 Å². The Morgan fingerprint density at radius 2 is 1.93 bits per heavy atom. The number of allylic oxidation sites excluding steroid dienone is 2. The third-order valence-corrected chi connectivity index (χ3v) is 2.22. The Morgan fingerprint density at radius 1 is 1.27 bits per heavy atom. The monoisotopic (exact) mass is 202 g/mol. The summed E-state index contributed by atoms with van der Waals surface area (Å²) in [6, 6.07) is 5.30. The fraction of sp³-hybridized carbons (Fsp3) is 0.154. The van der Waals surface area contributed by atoms with Gasteiger partial charge in [0.05, 0.1) is 5.56 Å². The second kappa shape index (κ2) is 5.15. The molecule has 0 heterocycles. The van der Waals surface area contributed by atoms with Gasteiger partial charge in [-0.2, -0.15) is 0 Å². The van der Waals surface area contributed by atoms with Crippen LogP contribution in [-0.2, 0) is 12.8 Å². The quantitative estimate of drug-likeness (QED) is 0.745. The zero-order valence-electron chi connectivity index (χ0n) is 8.57. The second-order valence-electron chi connectivity index (χ2n) is 3.23. The largest absolute Gasteiger partial charge is 0.478 e. The number of carboxylic acids is 1. The van der Waals surface area contributed by atoms with E-state index in [1.165, 1.54) is 0 Å². The molecular formula is C13H14O2. The first-order chi connectivity index (χ1) is 7.20. The van der Waals surface area contributed by atoms with Gasteiger partial charge in [-0.3, -0.25) is 0 Å². The molecule has 0 amide bonds. The molecule has 0 radical (unpaired) electrons. The minimum absolute atomic E-state index is 0.356. The average Bonchev–Trinajstić information content (AvgIpc) is 2.21. The standard InChI is InChI=1S/C13H14O2/c1-3-6-10-8-5-9-12(13(14)15)11(10)7-4-2/h3-5,8-9H,1-2,6-7H2,(H,14,15). The molecule has 0 aliphatic carbocycles. The summed E-state index contributed by atoms with van der Waals surface area (Å²) >= 11 is 0. The average molecular weight is 202 g/mol. The molecule has 1 N–H and O–H groups in total. The van der Waals surface area contributed by atoms with Crippen molar-refractivity contribution in [2.24, 2.45) is 0 Å². The van der Waals surface area contributed by atoms with Gasteiger partial charge in [0.2, 0.25) is 0 Å². The Hall–Kier alpha value is -1.83. The van der Waals surface area contributed by atoms with E-state index >= 15 is 0 Å². The van der Waals surface area contributed by atoms with Crippen molar-refractivity contribution in [2.75, 3.05) is 0 Å². The fourth-order valence-corrected chi connectivity index (χ4v) is 1.57. The first kappa shape index (κ1) is 11.2. The lowest BCUT2D eigenvalue weighted by molar-refractivity contribution is 0.0695. The smallest absolute Gasteiger partial charge is 0.335 e. The molecule has 1 aromatic carbocycles. The number of carbonyl (C=O) groups is 1. The molecule has 0 aliphatic rings. The normalized spacial score (nSPS) is 9.60. The topological polar surface area (TPSA) is 37.3 Å². The molecule has 0 aromatic heterocycles. The van der Waals surface area contributed by atoms with Crippen molar-refractivity contribution < 1.29 is 9.90 Å². The van der Waals surface area contributed by atoms with Gasteiger partial charge in [0.15, 0.2) is 0 Å². The lowest BCUT2D eigenvalue weighted by Crippen LogP contribution is -2.05. The van der Waals surface area contributed by atoms with Crippen molar-refractivity contribution in [3.8, 4) is 0 Å². The van der Waals surface area contributed by atoms with E-state index in [4.69, 9.17) is 5.11 Å². The zero-order valence-corrected chi connectivity index (χ0v) is 8.57. The number of carboxylic acid groups (broad SMARTS) is 1. The molecule has 78 valence electrons. The third kappa shape index (κ3) is 2.56. The number of hydrogen-bond donors (Lipinski definition) is 1. The summed E-state index contributed by atoms with van der Waals surface area (Å²) in [5, 5.41) is 9.02. The summed E-state index contributed by atoms with van der Waals surface area (Å²) in [7, 11) is 0. The highest BCUT2D eigenvalue weighted by atomic mass is 16.4. The molecule has 0 aliphatic heterocycles. The molecule has 0 saturated carbocycles. The van der Waals surface area contributed by atoms with Crippen LogP contribution in [0.15, 0.2) is 43.5 Å². The molecule has 0 saturated heterocycles. The van der Waals surface area contributed by atoms with Crippen LogP contribution < -0.4 is 0 Å². The van der Waals surface area contributed by atoms with Crippen molar-refractivity contribution in [3.63, 3.8) is 0 Å². The van der Waals surface area contributed by atoms with Gasteiger partial charge in [0, 0.05) is 0 Å². The predicted molar refractivity (Wildman–Crippen MR) is 61.2 cm³/mol.